The van der Waals surface area contributed by atoms with Gasteiger partial charge in [0.25, 0.3) is 5.91 Å². The quantitative estimate of drug-likeness (QED) is 0.840. The van der Waals surface area contributed by atoms with Crippen molar-refractivity contribution in [2.45, 2.75) is 18.7 Å². The average Bonchev–Trinajstić information content (AvgIpc) is 3.04. The molecule has 1 N–H and O–H groups in total. The molecule has 1 heterocycles. The number of halogens is 1. The smallest absolute Gasteiger partial charge is 0.265 e. The molecule has 0 atom stereocenters. The second-order valence-electron chi connectivity index (χ2n) is 4.66. The van der Waals surface area contributed by atoms with Crippen LogP contribution in [0.1, 0.15) is 23.5 Å². The Morgan fingerprint density at radius 2 is 1.96 bits per heavy atom. The number of amides is 1. The Balaban J connectivity index is 2.34. The standard InChI is InChI=1S/C15H17ClN2O3S2/c1-3-18(4-2)23(20,21)11-7-8-12(16)13(10-11)17-15(19)14-6-5-9-22-14/h5-10H,3-4H2,1-2H3,(H,17,19). The number of benzene rings is 1. The number of sulfonamides is 1. The lowest BCUT2D eigenvalue weighted by molar-refractivity contribution is 0.103. The SMILES string of the molecule is CCN(CC)S(=O)(=O)c1ccc(Cl)c(NC(=O)c2cccs2)c1. The number of hydrogen-bond acceptors (Lipinski definition) is 4. The molecule has 0 spiro atoms. The predicted molar refractivity (Wildman–Crippen MR) is 93.8 cm³/mol. The molecular weight excluding hydrogens is 356 g/mol. The van der Waals surface area contributed by atoms with Crippen molar-refractivity contribution in [2.75, 3.05) is 18.4 Å². The zero-order valence-electron chi connectivity index (χ0n) is 12.7. The number of nitrogens with one attached hydrogen (secondary N) is 1. The lowest BCUT2D eigenvalue weighted by atomic mass is 10.3. The molecule has 0 fully saturated rings. The van der Waals surface area contributed by atoms with Gasteiger partial charge in [-0.2, -0.15) is 4.31 Å². The number of hydrogen-bond donors (Lipinski definition) is 1. The largest absolute Gasteiger partial charge is 0.320 e. The maximum atomic E-state index is 12.5. The molecule has 2 rings (SSSR count). The summed E-state index contributed by atoms with van der Waals surface area (Å²) in [7, 11) is -3.60. The molecule has 1 amide bonds. The summed E-state index contributed by atoms with van der Waals surface area (Å²) in [6.45, 7) is 4.30. The molecule has 5 nitrogen and oxygen atoms in total. The van der Waals surface area contributed by atoms with E-state index in [0.717, 1.165) is 0 Å². The van der Waals surface area contributed by atoms with Gasteiger partial charge >= 0.3 is 0 Å². The van der Waals surface area contributed by atoms with Gasteiger partial charge in [0.2, 0.25) is 10.0 Å². The van der Waals surface area contributed by atoms with Gasteiger partial charge in [-0.15, -0.1) is 11.3 Å². The van der Waals surface area contributed by atoms with E-state index in [2.05, 4.69) is 5.32 Å². The van der Waals surface area contributed by atoms with Crippen molar-refractivity contribution in [3.63, 3.8) is 0 Å². The van der Waals surface area contributed by atoms with Crippen molar-refractivity contribution in [3.8, 4) is 0 Å². The predicted octanol–water partition coefficient (Wildman–Crippen LogP) is 3.68. The number of carbonyl (C=O) groups excluding carboxylic acids is 1. The van der Waals surface area contributed by atoms with Crippen molar-refractivity contribution < 1.29 is 13.2 Å². The Hall–Kier alpha value is -1.41. The molecule has 1 aromatic heterocycles. The summed E-state index contributed by atoms with van der Waals surface area (Å²) in [6.07, 6.45) is 0. The molecule has 1 aromatic carbocycles. The highest BCUT2D eigenvalue weighted by atomic mass is 35.5. The molecule has 0 aliphatic rings. The van der Waals surface area contributed by atoms with Gasteiger partial charge in [-0.05, 0) is 29.6 Å². The lowest BCUT2D eigenvalue weighted by Gasteiger charge is -2.19. The summed E-state index contributed by atoms with van der Waals surface area (Å²) in [4.78, 5) is 12.7. The zero-order valence-corrected chi connectivity index (χ0v) is 15.1. The van der Waals surface area contributed by atoms with E-state index in [1.807, 2.05) is 0 Å². The van der Waals surface area contributed by atoms with Crippen LogP contribution in [0.4, 0.5) is 5.69 Å². The molecule has 0 saturated carbocycles. The third-order valence-electron chi connectivity index (χ3n) is 3.27. The first-order valence-electron chi connectivity index (χ1n) is 7.04. The number of thiophene rings is 1. The number of rotatable bonds is 6. The van der Waals surface area contributed by atoms with Gasteiger partial charge in [-0.25, -0.2) is 8.42 Å². The van der Waals surface area contributed by atoms with E-state index in [9.17, 15) is 13.2 Å². The molecule has 8 heteroatoms. The van der Waals surface area contributed by atoms with Crippen LogP contribution in [0.15, 0.2) is 40.6 Å². The molecule has 0 bridgehead atoms. The van der Waals surface area contributed by atoms with Gasteiger partial charge in [-0.3, -0.25) is 4.79 Å². The van der Waals surface area contributed by atoms with E-state index in [4.69, 9.17) is 11.6 Å². The minimum atomic E-state index is -3.60. The molecule has 2 aromatic rings. The van der Waals surface area contributed by atoms with Crippen molar-refractivity contribution in [2.24, 2.45) is 0 Å². The van der Waals surface area contributed by atoms with Gasteiger partial charge in [-0.1, -0.05) is 31.5 Å². The first kappa shape index (κ1) is 17.9. The second-order valence-corrected chi connectivity index (χ2v) is 7.96. The second kappa shape index (κ2) is 7.44. The van der Waals surface area contributed by atoms with E-state index in [1.54, 1.807) is 31.4 Å². The number of nitrogens with zero attached hydrogens (tertiary/aromatic N) is 1. The first-order chi connectivity index (χ1) is 10.9. The number of anilines is 1. The summed E-state index contributed by atoms with van der Waals surface area (Å²) in [6, 6.07) is 7.76. The number of carbonyl (C=O) groups is 1. The molecule has 0 aliphatic carbocycles. The summed E-state index contributed by atoms with van der Waals surface area (Å²) >= 11 is 7.38. The Bertz CT molecular complexity index is 785. The maximum Gasteiger partial charge on any atom is 0.265 e. The van der Waals surface area contributed by atoms with Gasteiger partial charge in [0, 0.05) is 13.1 Å². The highest BCUT2D eigenvalue weighted by Crippen LogP contribution is 2.27. The van der Waals surface area contributed by atoms with Crippen LogP contribution in [0.2, 0.25) is 5.02 Å². The van der Waals surface area contributed by atoms with Crippen LogP contribution in [-0.2, 0) is 10.0 Å². The lowest BCUT2D eigenvalue weighted by Crippen LogP contribution is -2.30. The van der Waals surface area contributed by atoms with E-state index in [1.165, 1.54) is 33.8 Å². The highest BCUT2D eigenvalue weighted by Gasteiger charge is 2.23. The Morgan fingerprint density at radius 3 is 2.52 bits per heavy atom. The molecular formula is C15H17ClN2O3S2. The van der Waals surface area contributed by atoms with Crippen LogP contribution in [-0.4, -0.2) is 31.7 Å². The molecule has 23 heavy (non-hydrogen) atoms. The van der Waals surface area contributed by atoms with E-state index >= 15 is 0 Å². The molecule has 0 saturated heterocycles. The van der Waals surface area contributed by atoms with E-state index in [-0.39, 0.29) is 21.5 Å². The highest BCUT2D eigenvalue weighted by molar-refractivity contribution is 7.89. The Morgan fingerprint density at radius 1 is 1.26 bits per heavy atom. The Kier molecular flexibility index (Phi) is 5.80. The van der Waals surface area contributed by atoms with Crippen molar-refractivity contribution in [1.29, 1.82) is 0 Å². The molecule has 124 valence electrons. The molecule has 0 aliphatic heterocycles. The summed E-state index contributed by atoms with van der Waals surface area (Å²) in [5, 5.41) is 4.73. The van der Waals surface area contributed by atoms with Crippen molar-refractivity contribution in [1.82, 2.24) is 4.31 Å². The van der Waals surface area contributed by atoms with E-state index < -0.39 is 10.0 Å². The fourth-order valence-electron chi connectivity index (χ4n) is 2.06. The molecule has 0 radical (unpaired) electrons. The monoisotopic (exact) mass is 372 g/mol. The first-order valence-corrected chi connectivity index (χ1v) is 9.74. The summed E-state index contributed by atoms with van der Waals surface area (Å²) in [5.41, 5.74) is 0.276. The van der Waals surface area contributed by atoms with Crippen LogP contribution in [0.5, 0.6) is 0 Å². The van der Waals surface area contributed by atoms with Gasteiger partial charge in [0.15, 0.2) is 0 Å². The minimum absolute atomic E-state index is 0.104. The van der Waals surface area contributed by atoms with Gasteiger partial charge < -0.3 is 5.32 Å². The van der Waals surface area contributed by atoms with Crippen LogP contribution in [0.3, 0.4) is 0 Å². The van der Waals surface area contributed by atoms with Crippen LogP contribution in [0, 0.1) is 0 Å². The molecule has 0 unspecified atom stereocenters. The third kappa shape index (κ3) is 3.92. The zero-order chi connectivity index (χ0) is 17.0. The van der Waals surface area contributed by atoms with Crippen molar-refractivity contribution >= 4 is 44.6 Å². The van der Waals surface area contributed by atoms with Gasteiger partial charge in [0.05, 0.1) is 20.5 Å². The summed E-state index contributed by atoms with van der Waals surface area (Å²) in [5.74, 6) is -0.320. The van der Waals surface area contributed by atoms with Crippen molar-refractivity contribution in [3.05, 3.63) is 45.6 Å². The van der Waals surface area contributed by atoms with Crippen LogP contribution in [0.25, 0.3) is 0 Å². The topological polar surface area (TPSA) is 66.5 Å². The van der Waals surface area contributed by atoms with Crippen LogP contribution < -0.4 is 5.32 Å². The average molecular weight is 373 g/mol. The maximum absolute atomic E-state index is 12.5. The fraction of sp³-hybridized carbons (Fsp3) is 0.267. The van der Waals surface area contributed by atoms with E-state index in [0.29, 0.717) is 18.0 Å². The normalized spacial score (nSPS) is 11.7. The Labute approximate surface area is 144 Å². The fourth-order valence-corrected chi connectivity index (χ4v) is 4.33. The van der Waals surface area contributed by atoms with Gasteiger partial charge in [0.1, 0.15) is 0 Å². The summed E-state index contributed by atoms with van der Waals surface area (Å²) < 4.78 is 26.4. The van der Waals surface area contributed by atoms with Crippen LogP contribution >= 0.6 is 22.9 Å². The third-order valence-corrected chi connectivity index (χ3v) is 6.52. The minimum Gasteiger partial charge on any atom is -0.320 e.